The zero-order chi connectivity index (χ0) is 20.9. The first-order valence-corrected chi connectivity index (χ1v) is 10.6. The number of nitrogens with zero attached hydrogens (tertiary/aromatic N) is 1. The van der Waals surface area contributed by atoms with Crippen LogP contribution in [0.1, 0.15) is 54.4 Å². The number of carbonyl (C=O) groups is 2. The molecule has 6 heteroatoms. The van der Waals surface area contributed by atoms with Gasteiger partial charge < -0.3 is 15.0 Å². The highest BCUT2D eigenvalue weighted by Crippen LogP contribution is 2.22. The molecule has 0 aliphatic heterocycles. The number of fused-ring (bicyclic) bond motifs is 1. The molecule has 0 spiro atoms. The van der Waals surface area contributed by atoms with Crippen LogP contribution in [0.15, 0.2) is 42.5 Å². The van der Waals surface area contributed by atoms with Crippen molar-refractivity contribution in [3.63, 3.8) is 0 Å². The molecule has 0 radical (unpaired) electrons. The van der Waals surface area contributed by atoms with Gasteiger partial charge in [0.1, 0.15) is 5.82 Å². The Balaban J connectivity index is 1.38. The number of ether oxygens (including phenoxy) is 1. The summed E-state index contributed by atoms with van der Waals surface area (Å²) in [5.74, 6) is -0.00257. The molecule has 30 heavy (non-hydrogen) atoms. The summed E-state index contributed by atoms with van der Waals surface area (Å²) in [6, 6.07) is 13.5. The number of esters is 1. The van der Waals surface area contributed by atoms with Crippen molar-refractivity contribution in [1.29, 1.82) is 0 Å². The second-order valence-corrected chi connectivity index (χ2v) is 8.02. The van der Waals surface area contributed by atoms with E-state index in [-0.39, 0.29) is 18.6 Å². The number of nitrogens with one attached hydrogen (secondary N) is 2. The summed E-state index contributed by atoms with van der Waals surface area (Å²) in [5.41, 5.74) is 4.08. The van der Waals surface area contributed by atoms with Crippen molar-refractivity contribution in [2.24, 2.45) is 0 Å². The number of aromatic amines is 1. The van der Waals surface area contributed by atoms with E-state index in [2.05, 4.69) is 15.3 Å². The van der Waals surface area contributed by atoms with Crippen LogP contribution in [0.2, 0.25) is 0 Å². The van der Waals surface area contributed by atoms with E-state index in [1.165, 1.54) is 18.4 Å². The molecule has 0 unspecified atom stereocenters. The van der Waals surface area contributed by atoms with E-state index >= 15 is 0 Å². The van der Waals surface area contributed by atoms with Crippen molar-refractivity contribution in [2.75, 3.05) is 6.61 Å². The summed E-state index contributed by atoms with van der Waals surface area (Å²) in [6.07, 6.45) is 6.73. The molecule has 1 aromatic heterocycles. The minimum Gasteiger partial charge on any atom is -0.452 e. The van der Waals surface area contributed by atoms with Gasteiger partial charge >= 0.3 is 5.97 Å². The molecule has 1 saturated carbocycles. The molecule has 0 saturated heterocycles. The van der Waals surface area contributed by atoms with Gasteiger partial charge in [0.25, 0.3) is 5.91 Å². The van der Waals surface area contributed by atoms with Crippen molar-refractivity contribution >= 4 is 22.9 Å². The Kier molecular flexibility index (Phi) is 6.12. The van der Waals surface area contributed by atoms with Gasteiger partial charge in [-0.3, -0.25) is 4.79 Å². The lowest BCUT2D eigenvalue weighted by Gasteiger charge is -2.16. The van der Waals surface area contributed by atoms with Gasteiger partial charge in [0.2, 0.25) is 0 Å². The van der Waals surface area contributed by atoms with Gasteiger partial charge in [-0.15, -0.1) is 0 Å². The van der Waals surface area contributed by atoms with E-state index < -0.39 is 5.97 Å². The van der Waals surface area contributed by atoms with Crippen molar-refractivity contribution in [2.45, 2.75) is 51.5 Å². The number of rotatable bonds is 5. The standard InChI is InChI=1S/C24H27N3O3/c1-16-8-10-17(11-9-16)23-26-20-13-12-18(14-21(20)27-23)24(29)30-15-22(28)25-19-6-4-2-3-5-7-19/h8-14,19H,2-7,15H2,1H3,(H,25,28)(H,26,27). The quantitative estimate of drug-likeness (QED) is 0.482. The first-order chi connectivity index (χ1) is 14.6. The van der Waals surface area contributed by atoms with E-state index in [0.29, 0.717) is 5.56 Å². The summed E-state index contributed by atoms with van der Waals surface area (Å²) in [7, 11) is 0. The van der Waals surface area contributed by atoms with Gasteiger partial charge in [-0.1, -0.05) is 55.5 Å². The number of hydrogen-bond acceptors (Lipinski definition) is 4. The summed E-state index contributed by atoms with van der Waals surface area (Å²) in [4.78, 5) is 32.4. The largest absolute Gasteiger partial charge is 0.452 e. The van der Waals surface area contributed by atoms with E-state index in [1.807, 2.05) is 31.2 Å². The molecule has 1 fully saturated rings. The first-order valence-electron chi connectivity index (χ1n) is 10.6. The molecule has 3 aromatic rings. The Morgan fingerprint density at radius 3 is 2.53 bits per heavy atom. The molecular weight excluding hydrogens is 378 g/mol. The van der Waals surface area contributed by atoms with Crippen molar-refractivity contribution in [3.8, 4) is 11.4 Å². The van der Waals surface area contributed by atoms with Crippen LogP contribution in [0.25, 0.3) is 22.4 Å². The zero-order valence-corrected chi connectivity index (χ0v) is 17.2. The monoisotopic (exact) mass is 405 g/mol. The lowest BCUT2D eigenvalue weighted by Crippen LogP contribution is -2.37. The lowest BCUT2D eigenvalue weighted by atomic mass is 10.1. The average Bonchev–Trinajstić information content (AvgIpc) is 3.01. The molecule has 2 aromatic carbocycles. The topological polar surface area (TPSA) is 84.1 Å². The number of H-pyrrole nitrogens is 1. The number of hydrogen-bond donors (Lipinski definition) is 2. The Morgan fingerprint density at radius 2 is 1.80 bits per heavy atom. The van der Waals surface area contributed by atoms with Crippen LogP contribution in [0.3, 0.4) is 0 Å². The van der Waals surface area contributed by atoms with Crippen LogP contribution < -0.4 is 5.32 Å². The summed E-state index contributed by atoms with van der Waals surface area (Å²) < 4.78 is 5.23. The molecule has 2 N–H and O–H groups in total. The highest BCUT2D eigenvalue weighted by molar-refractivity contribution is 5.95. The van der Waals surface area contributed by atoms with Crippen molar-refractivity contribution < 1.29 is 14.3 Å². The SMILES string of the molecule is Cc1ccc(-c2nc3ccc(C(=O)OCC(=O)NC4CCCCCC4)cc3[nH]2)cc1. The lowest BCUT2D eigenvalue weighted by molar-refractivity contribution is -0.125. The summed E-state index contributed by atoms with van der Waals surface area (Å²) >= 11 is 0. The van der Waals surface area contributed by atoms with Gasteiger partial charge in [0.05, 0.1) is 16.6 Å². The van der Waals surface area contributed by atoms with Gasteiger partial charge in [-0.05, 0) is 38.0 Å². The highest BCUT2D eigenvalue weighted by Gasteiger charge is 2.17. The average molecular weight is 405 g/mol. The van der Waals surface area contributed by atoms with E-state index in [0.717, 1.165) is 48.1 Å². The van der Waals surface area contributed by atoms with Crippen LogP contribution in [-0.2, 0) is 9.53 Å². The molecule has 0 atom stereocenters. The number of imidazole rings is 1. The Bertz CT molecular complexity index is 1030. The maximum Gasteiger partial charge on any atom is 0.338 e. The number of benzene rings is 2. The molecule has 1 amide bonds. The Hall–Kier alpha value is -3.15. The fraction of sp³-hybridized carbons (Fsp3) is 0.375. The van der Waals surface area contributed by atoms with E-state index in [9.17, 15) is 9.59 Å². The fourth-order valence-corrected chi connectivity index (χ4v) is 3.89. The number of amides is 1. The fourth-order valence-electron chi connectivity index (χ4n) is 3.89. The van der Waals surface area contributed by atoms with Gasteiger partial charge in [-0.2, -0.15) is 0 Å². The van der Waals surface area contributed by atoms with E-state index in [1.54, 1.807) is 18.2 Å². The molecule has 6 nitrogen and oxygen atoms in total. The third kappa shape index (κ3) is 4.87. The highest BCUT2D eigenvalue weighted by atomic mass is 16.5. The van der Waals surface area contributed by atoms with Crippen LogP contribution >= 0.6 is 0 Å². The van der Waals surface area contributed by atoms with Gasteiger partial charge in [-0.25, -0.2) is 9.78 Å². The maximum atomic E-state index is 12.4. The third-order valence-corrected chi connectivity index (χ3v) is 5.60. The van der Waals surface area contributed by atoms with Crippen LogP contribution in [0.4, 0.5) is 0 Å². The zero-order valence-electron chi connectivity index (χ0n) is 17.2. The van der Waals surface area contributed by atoms with E-state index in [4.69, 9.17) is 4.74 Å². The predicted molar refractivity (Wildman–Crippen MR) is 116 cm³/mol. The molecule has 1 aliphatic rings. The predicted octanol–water partition coefficient (Wildman–Crippen LogP) is 4.53. The molecule has 4 rings (SSSR count). The van der Waals surface area contributed by atoms with Crippen molar-refractivity contribution in [1.82, 2.24) is 15.3 Å². The number of aromatic nitrogens is 2. The third-order valence-electron chi connectivity index (χ3n) is 5.60. The smallest absolute Gasteiger partial charge is 0.338 e. The second kappa shape index (κ2) is 9.11. The van der Waals surface area contributed by atoms with Crippen LogP contribution in [-0.4, -0.2) is 34.5 Å². The number of carbonyl (C=O) groups excluding carboxylic acids is 2. The van der Waals surface area contributed by atoms with Crippen molar-refractivity contribution in [3.05, 3.63) is 53.6 Å². The molecule has 156 valence electrons. The molecular formula is C24H27N3O3. The Labute approximate surface area is 176 Å². The maximum absolute atomic E-state index is 12.4. The Morgan fingerprint density at radius 1 is 1.07 bits per heavy atom. The molecule has 1 aliphatic carbocycles. The first kappa shape index (κ1) is 20.1. The normalized spacial score (nSPS) is 15.0. The minimum absolute atomic E-state index is 0.195. The second-order valence-electron chi connectivity index (χ2n) is 8.02. The molecule has 0 bridgehead atoms. The van der Waals surface area contributed by atoms with Crippen LogP contribution in [0, 0.1) is 6.92 Å². The minimum atomic E-state index is -0.514. The number of aryl methyl sites for hydroxylation is 1. The summed E-state index contributed by atoms with van der Waals surface area (Å²) in [6.45, 7) is 1.78. The van der Waals surface area contributed by atoms with Gasteiger partial charge in [0, 0.05) is 11.6 Å². The van der Waals surface area contributed by atoms with Gasteiger partial charge in [0.15, 0.2) is 6.61 Å². The molecule has 1 heterocycles. The summed E-state index contributed by atoms with van der Waals surface area (Å²) in [5, 5.41) is 2.99. The van der Waals surface area contributed by atoms with Crippen LogP contribution in [0.5, 0.6) is 0 Å².